The van der Waals surface area contributed by atoms with Crippen LogP contribution in [0.25, 0.3) is 0 Å². The second-order valence-corrected chi connectivity index (χ2v) is 6.46. The molecular formula is C16H24N4O2. The van der Waals surface area contributed by atoms with Gasteiger partial charge in [0.25, 0.3) is 0 Å². The van der Waals surface area contributed by atoms with Crippen LogP contribution >= 0.6 is 0 Å². The van der Waals surface area contributed by atoms with E-state index >= 15 is 0 Å². The van der Waals surface area contributed by atoms with Crippen LogP contribution in [-0.2, 0) is 0 Å². The van der Waals surface area contributed by atoms with Crippen molar-refractivity contribution in [2.75, 3.05) is 25.0 Å². The zero-order valence-corrected chi connectivity index (χ0v) is 12.9. The second-order valence-electron chi connectivity index (χ2n) is 6.46. The van der Waals surface area contributed by atoms with Crippen molar-refractivity contribution in [2.24, 2.45) is 5.92 Å². The van der Waals surface area contributed by atoms with Crippen molar-refractivity contribution in [1.82, 2.24) is 14.9 Å². The van der Waals surface area contributed by atoms with E-state index in [9.17, 15) is 4.79 Å². The van der Waals surface area contributed by atoms with Crippen molar-refractivity contribution in [3.05, 3.63) is 18.1 Å². The van der Waals surface area contributed by atoms with Crippen molar-refractivity contribution in [1.29, 1.82) is 0 Å². The molecule has 22 heavy (non-hydrogen) atoms. The van der Waals surface area contributed by atoms with E-state index in [-0.39, 0.29) is 5.69 Å². The molecule has 3 rings (SSSR count). The first kappa shape index (κ1) is 15.2. The van der Waals surface area contributed by atoms with E-state index in [1.807, 2.05) is 0 Å². The van der Waals surface area contributed by atoms with Gasteiger partial charge in [0.2, 0.25) is 0 Å². The van der Waals surface area contributed by atoms with Crippen LogP contribution in [0.4, 0.5) is 5.82 Å². The van der Waals surface area contributed by atoms with E-state index in [0.717, 1.165) is 31.8 Å². The minimum Gasteiger partial charge on any atom is -0.476 e. The largest absolute Gasteiger partial charge is 0.476 e. The molecule has 0 unspecified atom stereocenters. The summed E-state index contributed by atoms with van der Waals surface area (Å²) in [5, 5.41) is 12.2. The monoisotopic (exact) mass is 304 g/mol. The van der Waals surface area contributed by atoms with Crippen LogP contribution in [0.2, 0.25) is 0 Å². The lowest BCUT2D eigenvalue weighted by Gasteiger charge is -2.34. The van der Waals surface area contributed by atoms with Gasteiger partial charge in [-0.05, 0) is 31.6 Å². The van der Waals surface area contributed by atoms with Crippen LogP contribution in [0.1, 0.15) is 49.0 Å². The Balaban J connectivity index is 1.44. The number of aromatic nitrogens is 2. The Morgan fingerprint density at radius 1 is 1.18 bits per heavy atom. The molecule has 0 amide bonds. The molecule has 1 aromatic heterocycles. The Kier molecular flexibility index (Phi) is 4.87. The molecular weight excluding hydrogens is 280 g/mol. The van der Waals surface area contributed by atoms with Crippen LogP contribution in [0.3, 0.4) is 0 Å². The number of anilines is 1. The maximum Gasteiger partial charge on any atom is 0.356 e. The average molecular weight is 304 g/mol. The number of likely N-dealkylation sites (tertiary alicyclic amines) is 1. The normalized spacial score (nSPS) is 21.1. The van der Waals surface area contributed by atoms with Crippen LogP contribution in [0.5, 0.6) is 0 Å². The molecule has 2 aliphatic rings. The Labute approximate surface area is 131 Å². The van der Waals surface area contributed by atoms with Crippen molar-refractivity contribution in [3.63, 3.8) is 0 Å². The van der Waals surface area contributed by atoms with E-state index in [4.69, 9.17) is 5.11 Å². The van der Waals surface area contributed by atoms with Crippen LogP contribution in [0, 0.1) is 5.92 Å². The molecule has 1 aliphatic carbocycles. The summed E-state index contributed by atoms with van der Waals surface area (Å²) in [6.45, 7) is 3.53. The van der Waals surface area contributed by atoms with Gasteiger partial charge in [-0.2, -0.15) is 0 Å². The molecule has 2 heterocycles. The predicted octanol–water partition coefficient (Wildman–Crippen LogP) is 2.24. The van der Waals surface area contributed by atoms with Gasteiger partial charge in [0, 0.05) is 25.7 Å². The molecule has 0 bridgehead atoms. The first-order valence-electron chi connectivity index (χ1n) is 8.25. The number of carboxylic acid groups (broad SMARTS) is 1. The highest BCUT2D eigenvalue weighted by molar-refractivity contribution is 5.84. The minimum absolute atomic E-state index is 0.0167. The maximum atomic E-state index is 10.8. The molecule has 6 nitrogen and oxygen atoms in total. The van der Waals surface area contributed by atoms with E-state index in [1.165, 1.54) is 44.6 Å². The van der Waals surface area contributed by atoms with Crippen molar-refractivity contribution in [2.45, 2.75) is 44.6 Å². The molecule has 1 saturated carbocycles. The lowest BCUT2D eigenvalue weighted by Crippen LogP contribution is -2.41. The highest BCUT2D eigenvalue weighted by atomic mass is 16.4. The summed E-state index contributed by atoms with van der Waals surface area (Å²) in [4.78, 5) is 21.4. The summed E-state index contributed by atoms with van der Waals surface area (Å²) in [6, 6.07) is 0.407. The molecule has 6 heteroatoms. The Bertz CT molecular complexity index is 491. The highest BCUT2D eigenvalue weighted by Gasteiger charge is 2.23. The molecule has 0 spiro atoms. The predicted molar refractivity (Wildman–Crippen MR) is 84.0 cm³/mol. The van der Waals surface area contributed by atoms with Gasteiger partial charge >= 0.3 is 5.97 Å². The van der Waals surface area contributed by atoms with Gasteiger partial charge in [0.15, 0.2) is 5.69 Å². The third-order valence-corrected chi connectivity index (χ3v) is 4.80. The Morgan fingerprint density at radius 3 is 2.50 bits per heavy atom. The summed E-state index contributed by atoms with van der Waals surface area (Å²) in [6.07, 6.45) is 10.7. The minimum atomic E-state index is -1.04. The number of nitrogens with one attached hydrogen (secondary N) is 1. The Hall–Kier alpha value is -1.69. The van der Waals surface area contributed by atoms with Crippen molar-refractivity contribution >= 4 is 11.8 Å². The molecule has 0 radical (unpaired) electrons. The second kappa shape index (κ2) is 7.05. The lowest BCUT2D eigenvalue weighted by atomic mass is 10.0. The van der Waals surface area contributed by atoms with Crippen molar-refractivity contribution < 1.29 is 9.90 Å². The number of carbonyl (C=O) groups is 1. The van der Waals surface area contributed by atoms with Gasteiger partial charge in [0.1, 0.15) is 5.82 Å². The summed E-state index contributed by atoms with van der Waals surface area (Å²) in [5.74, 6) is 0.539. The summed E-state index contributed by atoms with van der Waals surface area (Å²) in [5.41, 5.74) is -0.0167. The number of piperidine rings is 1. The van der Waals surface area contributed by atoms with Gasteiger partial charge in [-0.25, -0.2) is 14.8 Å². The SMILES string of the molecule is O=C(O)c1cnc(NC2CCN(CC3CCCC3)CC2)cn1. The zero-order chi connectivity index (χ0) is 15.4. The first-order chi connectivity index (χ1) is 10.7. The number of aromatic carboxylic acids is 1. The van der Waals surface area contributed by atoms with Gasteiger partial charge < -0.3 is 15.3 Å². The molecule has 0 atom stereocenters. The van der Waals surface area contributed by atoms with E-state index < -0.39 is 5.97 Å². The Morgan fingerprint density at radius 2 is 1.91 bits per heavy atom. The van der Waals surface area contributed by atoms with E-state index in [1.54, 1.807) is 0 Å². The molecule has 1 aliphatic heterocycles. The molecule has 120 valence electrons. The highest BCUT2D eigenvalue weighted by Crippen LogP contribution is 2.26. The summed E-state index contributed by atoms with van der Waals surface area (Å²) < 4.78 is 0. The van der Waals surface area contributed by atoms with Crippen molar-refractivity contribution in [3.8, 4) is 0 Å². The fraction of sp³-hybridized carbons (Fsp3) is 0.688. The standard InChI is InChI=1S/C16H24N4O2/c21-16(22)14-9-18-15(10-17-14)19-13-5-7-20(8-6-13)11-12-3-1-2-4-12/h9-10,12-13H,1-8,11H2,(H,18,19)(H,21,22). The third-order valence-electron chi connectivity index (χ3n) is 4.80. The number of carboxylic acids is 1. The summed E-state index contributed by atoms with van der Waals surface area (Å²) >= 11 is 0. The summed E-state index contributed by atoms with van der Waals surface area (Å²) in [7, 11) is 0. The smallest absolute Gasteiger partial charge is 0.356 e. The van der Waals surface area contributed by atoms with Crippen LogP contribution in [-0.4, -0.2) is 51.6 Å². The van der Waals surface area contributed by atoms with Gasteiger partial charge in [0.05, 0.1) is 12.4 Å². The molecule has 0 aromatic carbocycles. The zero-order valence-electron chi connectivity index (χ0n) is 12.9. The number of rotatable bonds is 5. The quantitative estimate of drug-likeness (QED) is 0.868. The molecule has 1 saturated heterocycles. The molecule has 2 N–H and O–H groups in total. The topological polar surface area (TPSA) is 78.3 Å². The molecule has 1 aromatic rings. The van der Waals surface area contributed by atoms with Gasteiger partial charge in [-0.1, -0.05) is 12.8 Å². The van der Waals surface area contributed by atoms with Gasteiger partial charge in [-0.3, -0.25) is 0 Å². The van der Waals surface area contributed by atoms with Gasteiger partial charge in [-0.15, -0.1) is 0 Å². The fourth-order valence-electron chi connectivity index (χ4n) is 3.54. The number of hydrogen-bond acceptors (Lipinski definition) is 5. The third kappa shape index (κ3) is 3.94. The van der Waals surface area contributed by atoms with Crippen LogP contribution in [0.15, 0.2) is 12.4 Å². The lowest BCUT2D eigenvalue weighted by molar-refractivity contribution is 0.0690. The average Bonchev–Trinajstić information content (AvgIpc) is 3.03. The van der Waals surface area contributed by atoms with Crippen LogP contribution < -0.4 is 5.32 Å². The molecule has 2 fully saturated rings. The fourth-order valence-corrected chi connectivity index (χ4v) is 3.54. The maximum absolute atomic E-state index is 10.8. The van der Waals surface area contributed by atoms with E-state index in [0.29, 0.717) is 11.9 Å². The van der Waals surface area contributed by atoms with E-state index in [2.05, 4.69) is 20.2 Å². The first-order valence-corrected chi connectivity index (χ1v) is 8.25. The number of nitrogens with zero attached hydrogens (tertiary/aromatic N) is 3. The number of hydrogen-bond donors (Lipinski definition) is 2.